The Morgan fingerprint density at radius 3 is 2.72 bits per heavy atom. The summed E-state index contributed by atoms with van der Waals surface area (Å²) in [6.07, 6.45) is 0. The van der Waals surface area contributed by atoms with Gasteiger partial charge in [-0.15, -0.1) is 11.3 Å². The minimum atomic E-state index is 0.643. The number of H-pyrrole nitrogens is 1. The largest absolute Gasteiger partial charge is 0.349 e. The zero-order valence-electron chi connectivity index (χ0n) is 10.8. The molecule has 0 unspecified atom stereocenters. The highest BCUT2D eigenvalue weighted by Crippen LogP contribution is 2.26. The topological polar surface area (TPSA) is 49.7 Å². The highest BCUT2D eigenvalue weighted by molar-refractivity contribution is 7.71. The van der Waals surface area contributed by atoms with Gasteiger partial charge in [0, 0.05) is 25.0 Å². The lowest BCUT2D eigenvalue weighted by molar-refractivity contribution is 0.753. The van der Waals surface area contributed by atoms with E-state index >= 15 is 0 Å². The molecule has 1 N–H and O–H groups in total. The molecule has 98 valence electrons. The van der Waals surface area contributed by atoms with Crippen LogP contribution in [0.1, 0.15) is 20.8 Å². The smallest absolute Gasteiger partial charge is 0.195 e. The number of anilines is 1. The van der Waals surface area contributed by atoms with Crippen LogP contribution >= 0.6 is 23.6 Å². The Bertz CT molecular complexity index is 564. The number of aromatic amines is 1. The Morgan fingerprint density at radius 2 is 2.11 bits per heavy atom. The Kier molecular flexibility index (Phi) is 4.13. The first kappa shape index (κ1) is 13.2. The van der Waals surface area contributed by atoms with E-state index in [-0.39, 0.29) is 0 Å². The molecule has 2 aromatic rings. The molecule has 0 saturated heterocycles. The van der Waals surface area contributed by atoms with E-state index < -0.39 is 0 Å². The summed E-state index contributed by atoms with van der Waals surface area (Å²) in [6.45, 7) is 9.03. The van der Waals surface area contributed by atoms with E-state index in [0.29, 0.717) is 4.77 Å². The second kappa shape index (κ2) is 5.62. The Labute approximate surface area is 115 Å². The van der Waals surface area contributed by atoms with Crippen molar-refractivity contribution in [2.45, 2.75) is 27.3 Å². The average molecular weight is 283 g/mol. The fourth-order valence-corrected chi connectivity index (χ4v) is 3.01. The predicted octanol–water partition coefficient (Wildman–Crippen LogP) is 2.93. The molecule has 0 spiro atoms. The monoisotopic (exact) mass is 283 g/mol. The standard InChI is InChI=1S/C11H17N5S2/c1-4-15(5-2)11-12-8(7-18-11)9-13-14-10(17)16(9)6-3/h7H,4-6H2,1-3H3,(H,14,17). The summed E-state index contributed by atoms with van der Waals surface area (Å²) in [4.78, 5) is 6.87. The first-order valence-electron chi connectivity index (χ1n) is 6.07. The van der Waals surface area contributed by atoms with E-state index in [1.165, 1.54) is 0 Å². The van der Waals surface area contributed by atoms with Crippen molar-refractivity contribution in [2.24, 2.45) is 0 Å². The van der Waals surface area contributed by atoms with Gasteiger partial charge in [0.1, 0.15) is 5.69 Å². The van der Waals surface area contributed by atoms with E-state index in [2.05, 4.69) is 33.9 Å². The number of hydrogen-bond acceptors (Lipinski definition) is 5. The molecule has 5 nitrogen and oxygen atoms in total. The van der Waals surface area contributed by atoms with Gasteiger partial charge in [-0.25, -0.2) is 4.98 Å². The summed E-state index contributed by atoms with van der Waals surface area (Å²) in [5.41, 5.74) is 0.885. The van der Waals surface area contributed by atoms with Gasteiger partial charge in [-0.1, -0.05) is 0 Å². The maximum Gasteiger partial charge on any atom is 0.195 e. The van der Waals surface area contributed by atoms with E-state index in [4.69, 9.17) is 12.2 Å². The first-order valence-corrected chi connectivity index (χ1v) is 7.36. The molecule has 0 aliphatic carbocycles. The third kappa shape index (κ3) is 2.32. The summed E-state index contributed by atoms with van der Waals surface area (Å²) in [5, 5.41) is 10.1. The van der Waals surface area contributed by atoms with E-state index in [0.717, 1.165) is 36.3 Å². The molecule has 0 aliphatic heterocycles. The van der Waals surface area contributed by atoms with Gasteiger partial charge in [-0.05, 0) is 33.0 Å². The van der Waals surface area contributed by atoms with Gasteiger partial charge in [-0.3, -0.25) is 9.67 Å². The molecule has 0 bridgehead atoms. The van der Waals surface area contributed by atoms with Crippen molar-refractivity contribution in [3.63, 3.8) is 0 Å². The van der Waals surface area contributed by atoms with Gasteiger partial charge in [0.15, 0.2) is 15.7 Å². The summed E-state index contributed by atoms with van der Waals surface area (Å²) < 4.78 is 2.60. The van der Waals surface area contributed by atoms with Crippen molar-refractivity contribution in [3.8, 4) is 11.5 Å². The van der Waals surface area contributed by atoms with Gasteiger partial charge in [0.05, 0.1) is 0 Å². The van der Waals surface area contributed by atoms with Crippen molar-refractivity contribution in [3.05, 3.63) is 10.2 Å². The molecule has 0 aromatic carbocycles. The van der Waals surface area contributed by atoms with Gasteiger partial charge in [0.2, 0.25) is 0 Å². The number of rotatable bonds is 5. The Hall–Kier alpha value is -1.21. The molecule has 0 amide bonds. The second-order valence-electron chi connectivity index (χ2n) is 3.78. The zero-order chi connectivity index (χ0) is 13.1. The fourth-order valence-electron chi connectivity index (χ4n) is 1.81. The maximum absolute atomic E-state index is 5.19. The van der Waals surface area contributed by atoms with Crippen molar-refractivity contribution in [1.82, 2.24) is 19.7 Å². The SMILES string of the molecule is CCN(CC)c1nc(-c2n[nH]c(=S)n2CC)cs1. The number of aromatic nitrogens is 4. The van der Waals surface area contributed by atoms with Gasteiger partial charge >= 0.3 is 0 Å². The molecule has 0 aliphatic rings. The van der Waals surface area contributed by atoms with E-state index in [9.17, 15) is 0 Å². The first-order chi connectivity index (χ1) is 8.71. The molecule has 0 atom stereocenters. The van der Waals surface area contributed by atoms with Crippen LogP contribution in [0.5, 0.6) is 0 Å². The molecule has 2 rings (SSSR count). The quantitative estimate of drug-likeness (QED) is 0.857. The molecule has 0 saturated carbocycles. The molecular weight excluding hydrogens is 266 g/mol. The molecule has 2 aromatic heterocycles. The third-order valence-corrected chi connectivity index (χ3v) is 4.04. The second-order valence-corrected chi connectivity index (χ2v) is 5.01. The number of thiazole rings is 1. The van der Waals surface area contributed by atoms with Crippen LogP contribution in [0.2, 0.25) is 0 Å². The minimum absolute atomic E-state index is 0.643. The molecular formula is C11H17N5S2. The third-order valence-electron chi connectivity index (χ3n) is 2.83. The zero-order valence-corrected chi connectivity index (χ0v) is 12.4. The van der Waals surface area contributed by atoms with Crippen molar-refractivity contribution >= 4 is 28.7 Å². The summed E-state index contributed by atoms with van der Waals surface area (Å²) in [7, 11) is 0. The van der Waals surface area contributed by atoms with Crippen LogP contribution in [-0.2, 0) is 6.54 Å². The summed E-state index contributed by atoms with van der Waals surface area (Å²) >= 11 is 6.83. The van der Waals surface area contributed by atoms with Gasteiger partial charge in [-0.2, -0.15) is 5.10 Å². The number of hydrogen-bond donors (Lipinski definition) is 1. The number of nitrogens with one attached hydrogen (secondary N) is 1. The summed E-state index contributed by atoms with van der Waals surface area (Å²) in [5.74, 6) is 0.817. The molecule has 2 heterocycles. The van der Waals surface area contributed by atoms with Crippen LogP contribution < -0.4 is 4.90 Å². The van der Waals surface area contributed by atoms with Crippen LogP contribution in [0.3, 0.4) is 0 Å². The van der Waals surface area contributed by atoms with Crippen molar-refractivity contribution < 1.29 is 0 Å². The van der Waals surface area contributed by atoms with Crippen LogP contribution in [0.25, 0.3) is 11.5 Å². The van der Waals surface area contributed by atoms with E-state index in [1.807, 2.05) is 16.9 Å². The van der Waals surface area contributed by atoms with Crippen LogP contribution in [0, 0.1) is 4.77 Å². The lowest BCUT2D eigenvalue weighted by atomic mass is 10.4. The molecule has 0 fully saturated rings. The predicted molar refractivity (Wildman–Crippen MR) is 77.8 cm³/mol. The fraction of sp³-hybridized carbons (Fsp3) is 0.545. The highest BCUT2D eigenvalue weighted by Gasteiger charge is 2.13. The van der Waals surface area contributed by atoms with Gasteiger partial charge < -0.3 is 4.90 Å². The minimum Gasteiger partial charge on any atom is -0.349 e. The molecule has 7 heteroatoms. The Morgan fingerprint density at radius 1 is 1.39 bits per heavy atom. The van der Waals surface area contributed by atoms with Crippen LogP contribution in [0.15, 0.2) is 5.38 Å². The van der Waals surface area contributed by atoms with Crippen molar-refractivity contribution in [1.29, 1.82) is 0 Å². The Balaban J connectivity index is 2.37. The highest BCUT2D eigenvalue weighted by atomic mass is 32.1. The van der Waals surface area contributed by atoms with Crippen LogP contribution in [0.4, 0.5) is 5.13 Å². The normalized spacial score (nSPS) is 10.8. The lowest BCUT2D eigenvalue weighted by Gasteiger charge is -2.16. The van der Waals surface area contributed by atoms with Gasteiger partial charge in [0.25, 0.3) is 0 Å². The van der Waals surface area contributed by atoms with Crippen LogP contribution in [-0.4, -0.2) is 32.8 Å². The molecule has 18 heavy (non-hydrogen) atoms. The summed E-state index contributed by atoms with van der Waals surface area (Å²) in [6, 6.07) is 0. The maximum atomic E-state index is 5.19. The number of nitrogens with zero attached hydrogens (tertiary/aromatic N) is 4. The van der Waals surface area contributed by atoms with Crippen molar-refractivity contribution in [2.75, 3.05) is 18.0 Å². The molecule has 0 radical (unpaired) electrons. The average Bonchev–Trinajstić information content (AvgIpc) is 2.97. The van der Waals surface area contributed by atoms with E-state index in [1.54, 1.807) is 11.3 Å². The lowest BCUT2D eigenvalue weighted by Crippen LogP contribution is -2.21.